The minimum absolute atomic E-state index is 0.379. The number of rotatable bonds is 4. The molecule has 0 atom stereocenters. The Hall–Kier alpha value is -2.53. The van der Waals surface area contributed by atoms with E-state index in [4.69, 9.17) is 4.74 Å². The summed E-state index contributed by atoms with van der Waals surface area (Å²) in [5.41, 5.74) is 2.77. The lowest BCUT2D eigenvalue weighted by Crippen LogP contribution is -2.03. The Morgan fingerprint density at radius 1 is 1.14 bits per heavy atom. The van der Waals surface area contributed by atoms with E-state index < -0.39 is 0 Å². The van der Waals surface area contributed by atoms with Crippen molar-refractivity contribution in [1.82, 2.24) is 15.0 Å². The standard InChI is InChI=1S/C16H16N4O/c1-17-15-8-14(19-16(20-15)10-21-2)12-7-11-5-3-4-6-13(11)18-9-12/h3-9H,10H2,1-2H3,(H,17,19,20). The third kappa shape index (κ3) is 2.83. The lowest BCUT2D eigenvalue weighted by molar-refractivity contribution is 0.178. The topological polar surface area (TPSA) is 59.9 Å². The van der Waals surface area contributed by atoms with Gasteiger partial charge in [0.1, 0.15) is 12.4 Å². The van der Waals surface area contributed by atoms with Crippen LogP contribution in [0.2, 0.25) is 0 Å². The van der Waals surface area contributed by atoms with Crippen molar-refractivity contribution in [2.75, 3.05) is 19.5 Å². The number of hydrogen-bond donors (Lipinski definition) is 1. The quantitative estimate of drug-likeness (QED) is 0.796. The van der Waals surface area contributed by atoms with Crippen LogP contribution in [0.4, 0.5) is 5.82 Å². The lowest BCUT2D eigenvalue weighted by Gasteiger charge is -2.08. The number of pyridine rings is 1. The third-order valence-electron chi connectivity index (χ3n) is 3.19. The van der Waals surface area contributed by atoms with Gasteiger partial charge >= 0.3 is 0 Å². The normalized spacial score (nSPS) is 10.8. The van der Waals surface area contributed by atoms with Crippen LogP contribution in [-0.4, -0.2) is 29.1 Å². The summed E-state index contributed by atoms with van der Waals surface area (Å²) in [6.07, 6.45) is 1.83. The maximum Gasteiger partial charge on any atom is 0.157 e. The van der Waals surface area contributed by atoms with Crippen molar-refractivity contribution < 1.29 is 4.74 Å². The molecular formula is C16H16N4O. The van der Waals surface area contributed by atoms with Crippen molar-refractivity contribution in [3.63, 3.8) is 0 Å². The molecule has 3 aromatic rings. The highest BCUT2D eigenvalue weighted by molar-refractivity contribution is 5.83. The molecule has 5 nitrogen and oxygen atoms in total. The molecule has 2 aromatic heterocycles. The first-order chi connectivity index (χ1) is 10.3. The van der Waals surface area contributed by atoms with Crippen LogP contribution in [0, 0.1) is 0 Å². The van der Waals surface area contributed by atoms with Crippen molar-refractivity contribution >= 4 is 16.7 Å². The van der Waals surface area contributed by atoms with Gasteiger partial charge in [-0.05, 0) is 12.1 Å². The van der Waals surface area contributed by atoms with E-state index in [9.17, 15) is 0 Å². The van der Waals surface area contributed by atoms with Gasteiger partial charge in [-0.1, -0.05) is 18.2 Å². The van der Waals surface area contributed by atoms with Crippen LogP contribution < -0.4 is 5.32 Å². The van der Waals surface area contributed by atoms with Gasteiger partial charge in [-0.3, -0.25) is 4.98 Å². The van der Waals surface area contributed by atoms with Gasteiger partial charge in [0, 0.05) is 37.4 Å². The van der Waals surface area contributed by atoms with Crippen molar-refractivity contribution in [3.8, 4) is 11.3 Å². The predicted octanol–water partition coefficient (Wildman–Crippen LogP) is 2.88. The van der Waals surface area contributed by atoms with Crippen molar-refractivity contribution in [3.05, 3.63) is 48.4 Å². The molecule has 0 aliphatic heterocycles. The average Bonchev–Trinajstić information content (AvgIpc) is 2.54. The van der Waals surface area contributed by atoms with Gasteiger partial charge in [-0.15, -0.1) is 0 Å². The van der Waals surface area contributed by atoms with Crippen molar-refractivity contribution in [1.29, 1.82) is 0 Å². The molecule has 2 heterocycles. The molecule has 1 aromatic carbocycles. The number of nitrogens with zero attached hydrogens (tertiary/aromatic N) is 3. The summed E-state index contributed by atoms with van der Waals surface area (Å²) < 4.78 is 5.12. The Bertz CT molecular complexity index is 773. The van der Waals surface area contributed by atoms with E-state index >= 15 is 0 Å². The molecule has 0 saturated carbocycles. The fourth-order valence-electron chi connectivity index (χ4n) is 2.18. The summed E-state index contributed by atoms with van der Waals surface area (Å²) in [4.78, 5) is 13.4. The Morgan fingerprint density at radius 2 is 2.00 bits per heavy atom. The summed E-state index contributed by atoms with van der Waals surface area (Å²) in [5.74, 6) is 1.41. The number of fused-ring (bicyclic) bond motifs is 1. The van der Waals surface area contributed by atoms with Gasteiger partial charge in [0.05, 0.1) is 11.2 Å². The number of benzene rings is 1. The summed E-state index contributed by atoms with van der Waals surface area (Å²) in [6.45, 7) is 0.379. The van der Waals surface area contributed by atoms with Crippen LogP contribution in [0.1, 0.15) is 5.82 Å². The molecule has 0 bridgehead atoms. The Labute approximate surface area is 123 Å². The number of methoxy groups -OCH3 is 1. The Morgan fingerprint density at radius 3 is 2.81 bits per heavy atom. The van der Waals surface area contributed by atoms with Crippen LogP contribution in [0.25, 0.3) is 22.2 Å². The summed E-state index contributed by atoms with van der Waals surface area (Å²) in [6, 6.07) is 12.0. The number of anilines is 1. The lowest BCUT2D eigenvalue weighted by atomic mass is 10.1. The molecule has 3 rings (SSSR count). The molecule has 0 saturated heterocycles. The van der Waals surface area contributed by atoms with E-state index in [1.54, 1.807) is 7.11 Å². The van der Waals surface area contributed by atoms with E-state index in [-0.39, 0.29) is 0 Å². The number of ether oxygens (including phenoxy) is 1. The fourth-order valence-corrected chi connectivity index (χ4v) is 2.18. The first-order valence-corrected chi connectivity index (χ1v) is 6.70. The van der Waals surface area contributed by atoms with E-state index in [1.807, 2.05) is 43.6 Å². The maximum atomic E-state index is 5.12. The molecule has 21 heavy (non-hydrogen) atoms. The first kappa shape index (κ1) is 13.5. The maximum absolute atomic E-state index is 5.12. The first-order valence-electron chi connectivity index (χ1n) is 6.70. The van der Waals surface area contributed by atoms with E-state index in [1.165, 1.54) is 0 Å². The van der Waals surface area contributed by atoms with Crippen LogP contribution in [0.3, 0.4) is 0 Å². The molecule has 0 aliphatic rings. The molecule has 106 valence electrons. The van der Waals surface area contributed by atoms with Gasteiger partial charge in [0.25, 0.3) is 0 Å². The highest BCUT2D eigenvalue weighted by atomic mass is 16.5. The number of aromatic nitrogens is 3. The second kappa shape index (κ2) is 5.85. The van der Waals surface area contributed by atoms with Crippen LogP contribution in [0.5, 0.6) is 0 Å². The van der Waals surface area contributed by atoms with Gasteiger partial charge < -0.3 is 10.1 Å². The molecule has 0 aliphatic carbocycles. The predicted molar refractivity (Wildman–Crippen MR) is 83.0 cm³/mol. The van der Waals surface area contributed by atoms with Crippen molar-refractivity contribution in [2.45, 2.75) is 6.61 Å². The molecule has 0 amide bonds. The largest absolute Gasteiger partial charge is 0.377 e. The van der Waals surface area contributed by atoms with Crippen molar-refractivity contribution in [2.24, 2.45) is 0 Å². The molecule has 0 unspecified atom stereocenters. The Kier molecular flexibility index (Phi) is 3.75. The number of hydrogen-bond acceptors (Lipinski definition) is 5. The van der Waals surface area contributed by atoms with Gasteiger partial charge in [0.15, 0.2) is 5.82 Å². The van der Waals surface area contributed by atoms with Gasteiger partial charge in [-0.2, -0.15) is 0 Å². The summed E-state index contributed by atoms with van der Waals surface area (Å²) in [5, 5.41) is 4.14. The zero-order valence-corrected chi connectivity index (χ0v) is 12.0. The smallest absolute Gasteiger partial charge is 0.157 e. The molecule has 0 spiro atoms. The third-order valence-corrected chi connectivity index (χ3v) is 3.19. The highest BCUT2D eigenvalue weighted by Gasteiger charge is 2.07. The van der Waals surface area contributed by atoms with E-state index in [0.29, 0.717) is 12.4 Å². The molecule has 0 radical (unpaired) electrons. The summed E-state index contributed by atoms with van der Waals surface area (Å²) in [7, 11) is 3.47. The van der Waals surface area contributed by atoms with Gasteiger partial charge in [-0.25, -0.2) is 9.97 Å². The van der Waals surface area contributed by atoms with Crippen LogP contribution >= 0.6 is 0 Å². The number of nitrogens with one attached hydrogen (secondary N) is 1. The van der Waals surface area contributed by atoms with Crippen LogP contribution in [-0.2, 0) is 11.3 Å². The fraction of sp³-hybridized carbons (Fsp3) is 0.188. The SMILES string of the molecule is CNc1cc(-c2cnc3ccccc3c2)nc(COC)n1. The zero-order chi connectivity index (χ0) is 14.7. The zero-order valence-electron chi connectivity index (χ0n) is 12.0. The number of para-hydroxylation sites is 1. The molecule has 0 fully saturated rings. The Balaban J connectivity index is 2.10. The monoisotopic (exact) mass is 280 g/mol. The second-order valence-corrected chi connectivity index (χ2v) is 4.65. The minimum atomic E-state index is 0.379. The molecular weight excluding hydrogens is 264 g/mol. The molecule has 5 heteroatoms. The summed E-state index contributed by atoms with van der Waals surface area (Å²) >= 11 is 0. The average molecular weight is 280 g/mol. The van der Waals surface area contributed by atoms with E-state index in [2.05, 4.69) is 26.3 Å². The van der Waals surface area contributed by atoms with E-state index in [0.717, 1.165) is 28.0 Å². The second-order valence-electron chi connectivity index (χ2n) is 4.65. The highest BCUT2D eigenvalue weighted by Crippen LogP contribution is 2.23. The molecule has 1 N–H and O–H groups in total. The minimum Gasteiger partial charge on any atom is -0.377 e. The van der Waals surface area contributed by atoms with Gasteiger partial charge in [0.2, 0.25) is 0 Å². The van der Waals surface area contributed by atoms with Crippen LogP contribution in [0.15, 0.2) is 42.6 Å².